The van der Waals surface area contributed by atoms with Crippen LogP contribution in [-0.2, 0) is 0 Å². The number of rotatable bonds is 7. The summed E-state index contributed by atoms with van der Waals surface area (Å²) < 4.78 is 10.6. The Morgan fingerprint density at radius 1 is 1.29 bits per heavy atom. The molecule has 1 heterocycles. The van der Waals surface area contributed by atoms with Crippen LogP contribution in [0.15, 0.2) is 18.2 Å². The van der Waals surface area contributed by atoms with Gasteiger partial charge in [0.15, 0.2) is 17.3 Å². The number of ketones is 1. The lowest BCUT2D eigenvalue weighted by Crippen LogP contribution is -2.38. The molecule has 2 rings (SSSR count). The Balaban J connectivity index is 0.00000220. The molecule has 0 saturated carbocycles. The number of Topliss-reactive ketones (excluding diaryl/α,β-unsaturated/α-hetero) is 1. The number of likely N-dealkylation sites (N-methyl/N-ethyl adjacent to an activating group) is 1. The number of benzene rings is 1. The van der Waals surface area contributed by atoms with Gasteiger partial charge in [0, 0.05) is 5.56 Å². The van der Waals surface area contributed by atoms with Crippen molar-refractivity contribution in [3.8, 4) is 11.5 Å². The molecule has 1 unspecified atom stereocenters. The SMILES string of the molecule is CCCCC(C(=O)c1ccc2c(c1)OCO2)N(C)CC.Cl. The van der Waals surface area contributed by atoms with Gasteiger partial charge in [-0.15, -0.1) is 12.4 Å². The van der Waals surface area contributed by atoms with Crippen molar-refractivity contribution in [3.05, 3.63) is 23.8 Å². The highest BCUT2D eigenvalue weighted by Crippen LogP contribution is 2.33. The monoisotopic (exact) mass is 313 g/mol. The fourth-order valence-corrected chi connectivity index (χ4v) is 2.41. The third-order valence-electron chi connectivity index (χ3n) is 3.82. The zero-order valence-corrected chi connectivity index (χ0v) is 13.7. The van der Waals surface area contributed by atoms with Crippen LogP contribution in [0.3, 0.4) is 0 Å². The van der Waals surface area contributed by atoms with Crippen LogP contribution >= 0.6 is 12.4 Å². The molecule has 5 heteroatoms. The topological polar surface area (TPSA) is 38.8 Å². The van der Waals surface area contributed by atoms with Gasteiger partial charge in [-0.25, -0.2) is 0 Å². The molecule has 4 nitrogen and oxygen atoms in total. The molecule has 0 fully saturated rings. The molecule has 1 aliphatic rings. The zero-order valence-electron chi connectivity index (χ0n) is 12.9. The van der Waals surface area contributed by atoms with Crippen LogP contribution in [0.2, 0.25) is 0 Å². The molecule has 0 bridgehead atoms. The van der Waals surface area contributed by atoms with E-state index in [-0.39, 0.29) is 31.0 Å². The molecule has 0 aromatic heterocycles. The lowest BCUT2D eigenvalue weighted by atomic mass is 9.98. The van der Waals surface area contributed by atoms with Gasteiger partial charge in [-0.1, -0.05) is 26.7 Å². The van der Waals surface area contributed by atoms with Gasteiger partial charge < -0.3 is 9.47 Å². The second kappa shape index (κ2) is 8.25. The molecule has 0 saturated heterocycles. The van der Waals surface area contributed by atoms with Crippen LogP contribution in [0.1, 0.15) is 43.5 Å². The quantitative estimate of drug-likeness (QED) is 0.722. The van der Waals surface area contributed by atoms with Crippen LogP contribution in [-0.4, -0.2) is 37.1 Å². The number of nitrogens with zero attached hydrogens (tertiary/aromatic N) is 1. The van der Waals surface area contributed by atoms with Gasteiger partial charge in [0.05, 0.1) is 6.04 Å². The molecule has 1 aromatic rings. The van der Waals surface area contributed by atoms with Crippen molar-refractivity contribution >= 4 is 18.2 Å². The normalized spacial score (nSPS) is 13.9. The maximum absolute atomic E-state index is 12.7. The minimum atomic E-state index is -0.0553. The third-order valence-corrected chi connectivity index (χ3v) is 3.82. The fourth-order valence-electron chi connectivity index (χ4n) is 2.41. The second-order valence-electron chi connectivity index (χ2n) is 5.16. The lowest BCUT2D eigenvalue weighted by molar-refractivity contribution is 0.0843. The Morgan fingerprint density at radius 3 is 2.67 bits per heavy atom. The first-order valence-corrected chi connectivity index (χ1v) is 7.31. The standard InChI is InChI=1S/C16H23NO3.ClH/c1-4-6-7-13(17(3)5-2)16(18)12-8-9-14-15(10-12)20-11-19-14;/h8-10,13H,4-7,11H2,1-3H3;1H. The molecule has 0 radical (unpaired) electrons. The van der Waals surface area contributed by atoms with Gasteiger partial charge in [0.25, 0.3) is 0 Å². The smallest absolute Gasteiger partial charge is 0.231 e. The average Bonchev–Trinajstić information content (AvgIpc) is 2.94. The number of halogens is 1. The van der Waals surface area contributed by atoms with Crippen LogP contribution in [0.5, 0.6) is 11.5 Å². The van der Waals surface area contributed by atoms with Crippen LogP contribution < -0.4 is 9.47 Å². The van der Waals surface area contributed by atoms with Crippen molar-refractivity contribution in [1.82, 2.24) is 4.90 Å². The van der Waals surface area contributed by atoms with Crippen LogP contribution in [0, 0.1) is 0 Å². The van der Waals surface area contributed by atoms with Gasteiger partial charge >= 0.3 is 0 Å². The maximum Gasteiger partial charge on any atom is 0.231 e. The fraction of sp³-hybridized carbons (Fsp3) is 0.562. The maximum atomic E-state index is 12.7. The van der Waals surface area contributed by atoms with Crippen molar-refractivity contribution < 1.29 is 14.3 Å². The molecule has 0 amide bonds. The largest absolute Gasteiger partial charge is 0.454 e. The number of fused-ring (bicyclic) bond motifs is 1. The first-order valence-electron chi connectivity index (χ1n) is 7.31. The van der Waals surface area contributed by atoms with E-state index in [2.05, 4.69) is 18.7 Å². The number of carbonyl (C=O) groups excluding carboxylic acids is 1. The molecule has 1 aromatic carbocycles. The number of hydrogen-bond acceptors (Lipinski definition) is 4. The van der Waals surface area contributed by atoms with Gasteiger partial charge in [0.1, 0.15) is 0 Å². The molecule has 1 atom stereocenters. The summed E-state index contributed by atoms with van der Waals surface area (Å²) in [5.74, 6) is 1.56. The Kier molecular flexibility index (Phi) is 6.99. The number of unbranched alkanes of at least 4 members (excludes halogenated alkanes) is 1. The minimum Gasteiger partial charge on any atom is -0.454 e. The molecular weight excluding hydrogens is 290 g/mol. The lowest BCUT2D eigenvalue weighted by Gasteiger charge is -2.25. The van der Waals surface area contributed by atoms with Gasteiger partial charge in [-0.2, -0.15) is 0 Å². The molecule has 0 N–H and O–H groups in total. The van der Waals surface area contributed by atoms with E-state index in [1.54, 1.807) is 6.07 Å². The van der Waals surface area contributed by atoms with Crippen molar-refractivity contribution in [3.63, 3.8) is 0 Å². The molecular formula is C16H24ClNO3. The van der Waals surface area contributed by atoms with Gasteiger partial charge in [0.2, 0.25) is 6.79 Å². The van der Waals surface area contributed by atoms with Crippen LogP contribution in [0.4, 0.5) is 0 Å². The predicted molar refractivity (Wildman–Crippen MR) is 85.8 cm³/mol. The number of carbonyl (C=O) groups is 1. The summed E-state index contributed by atoms with van der Waals surface area (Å²) in [6.45, 7) is 5.33. The summed E-state index contributed by atoms with van der Waals surface area (Å²) in [6, 6.07) is 5.39. The average molecular weight is 314 g/mol. The second-order valence-corrected chi connectivity index (χ2v) is 5.16. The van der Waals surface area contributed by atoms with E-state index in [1.807, 2.05) is 19.2 Å². The summed E-state index contributed by atoms with van der Waals surface area (Å²) >= 11 is 0. The first-order chi connectivity index (χ1) is 9.67. The van der Waals surface area contributed by atoms with E-state index in [1.165, 1.54) is 0 Å². The van der Waals surface area contributed by atoms with E-state index in [0.29, 0.717) is 11.3 Å². The van der Waals surface area contributed by atoms with Crippen molar-refractivity contribution in [2.45, 2.75) is 39.2 Å². The highest BCUT2D eigenvalue weighted by atomic mass is 35.5. The molecule has 118 valence electrons. The Morgan fingerprint density at radius 2 is 2.00 bits per heavy atom. The number of hydrogen-bond donors (Lipinski definition) is 0. The zero-order chi connectivity index (χ0) is 14.5. The molecule has 0 spiro atoms. The first kappa shape index (κ1) is 17.8. The Bertz CT molecular complexity index is 479. The predicted octanol–water partition coefficient (Wildman–Crippen LogP) is 3.53. The van der Waals surface area contributed by atoms with E-state index in [9.17, 15) is 4.79 Å². The third kappa shape index (κ3) is 4.11. The van der Waals surface area contributed by atoms with E-state index >= 15 is 0 Å². The van der Waals surface area contributed by atoms with E-state index in [4.69, 9.17) is 9.47 Å². The highest BCUT2D eigenvalue weighted by Gasteiger charge is 2.24. The van der Waals surface area contributed by atoms with Crippen molar-refractivity contribution in [2.75, 3.05) is 20.4 Å². The van der Waals surface area contributed by atoms with Crippen molar-refractivity contribution in [2.24, 2.45) is 0 Å². The molecule has 21 heavy (non-hydrogen) atoms. The van der Waals surface area contributed by atoms with E-state index in [0.717, 1.165) is 31.6 Å². The summed E-state index contributed by atoms with van der Waals surface area (Å²) in [5, 5.41) is 0. The summed E-state index contributed by atoms with van der Waals surface area (Å²) in [7, 11) is 2.01. The number of ether oxygens (including phenoxy) is 2. The summed E-state index contributed by atoms with van der Waals surface area (Å²) in [5.41, 5.74) is 0.704. The van der Waals surface area contributed by atoms with Crippen molar-refractivity contribution in [1.29, 1.82) is 0 Å². The molecule has 1 aliphatic heterocycles. The summed E-state index contributed by atoms with van der Waals surface area (Å²) in [4.78, 5) is 14.8. The summed E-state index contributed by atoms with van der Waals surface area (Å²) in [6.07, 6.45) is 3.06. The Labute approximate surface area is 132 Å². The van der Waals surface area contributed by atoms with Gasteiger partial charge in [-0.05, 0) is 38.2 Å². The highest BCUT2D eigenvalue weighted by molar-refractivity contribution is 6.00. The van der Waals surface area contributed by atoms with Gasteiger partial charge in [-0.3, -0.25) is 9.69 Å². The minimum absolute atomic E-state index is 0. The van der Waals surface area contributed by atoms with E-state index < -0.39 is 0 Å². The molecule has 0 aliphatic carbocycles. The van der Waals surface area contributed by atoms with Crippen LogP contribution in [0.25, 0.3) is 0 Å². The Hall–Kier alpha value is -1.26.